The molecule has 0 saturated carbocycles. The topological polar surface area (TPSA) is 311 Å². The Morgan fingerprint density at radius 3 is 1.41 bits per heavy atom. The second-order valence-electron chi connectivity index (χ2n) is 8.74. The molecule has 8 N–H and O–H groups in total. The molecule has 2 unspecified atom stereocenters. The van der Waals surface area contributed by atoms with Crippen LogP contribution in [0.5, 0.6) is 0 Å². The predicted octanol–water partition coefficient (Wildman–Crippen LogP) is -4.42. The number of hydrogen-bond donors (Lipinski definition) is 8. The van der Waals surface area contributed by atoms with E-state index in [1.165, 1.54) is 0 Å². The number of aromatic nitrogens is 4. The Hall–Kier alpha value is -2.62. The summed E-state index contributed by atoms with van der Waals surface area (Å²) in [5.74, 6) is 0. The molecule has 2 fully saturated rings. The first-order chi connectivity index (χ1) is 19.1. The van der Waals surface area contributed by atoms with Crippen molar-refractivity contribution >= 4 is 15.6 Å². The van der Waals surface area contributed by atoms with Crippen molar-refractivity contribution < 1.29 is 62.2 Å². The number of aliphatic hydroxyl groups excluding tert-OH is 4. The molecule has 228 valence electrons. The first-order valence-corrected chi connectivity index (χ1v) is 14.4. The van der Waals surface area contributed by atoms with Crippen molar-refractivity contribution in [1.82, 2.24) is 19.1 Å². The number of ether oxygens (including phenoxy) is 2. The minimum absolute atomic E-state index is 0.731. The van der Waals surface area contributed by atoms with Gasteiger partial charge < -0.3 is 39.7 Å². The largest absolute Gasteiger partial charge is 0.481 e. The van der Waals surface area contributed by atoms with Crippen molar-refractivity contribution in [2.24, 2.45) is 0 Å². The van der Waals surface area contributed by atoms with Crippen molar-refractivity contribution in [3.8, 4) is 0 Å². The third-order valence-electron chi connectivity index (χ3n) is 5.94. The van der Waals surface area contributed by atoms with Gasteiger partial charge in [0.05, 0.1) is 13.2 Å². The van der Waals surface area contributed by atoms with Gasteiger partial charge in [0, 0.05) is 24.5 Å². The summed E-state index contributed by atoms with van der Waals surface area (Å²) in [5, 5.41) is 40.7. The maximum atomic E-state index is 12.2. The first kappa shape index (κ1) is 31.3. The van der Waals surface area contributed by atoms with Crippen LogP contribution in [0.1, 0.15) is 12.5 Å². The molecule has 2 aromatic rings. The summed E-state index contributed by atoms with van der Waals surface area (Å²) in [5.41, 5.74) is -3.48. The highest BCUT2D eigenvalue weighted by atomic mass is 31.3. The monoisotopic (exact) mass is 630 g/mol. The lowest BCUT2D eigenvalue weighted by Gasteiger charge is -2.20. The lowest BCUT2D eigenvalue weighted by molar-refractivity contribution is -0.0568. The van der Waals surface area contributed by atoms with E-state index in [4.69, 9.17) is 9.47 Å². The Balaban J connectivity index is 1.33. The minimum Gasteiger partial charge on any atom is -0.387 e. The number of phosphoric ester groups is 2. The second-order valence-corrected chi connectivity index (χ2v) is 11.8. The van der Waals surface area contributed by atoms with Gasteiger partial charge >= 0.3 is 27.0 Å². The van der Waals surface area contributed by atoms with E-state index in [0.29, 0.717) is 0 Å². The van der Waals surface area contributed by atoms with Gasteiger partial charge in [-0.25, -0.2) is 18.7 Å². The van der Waals surface area contributed by atoms with Crippen molar-refractivity contribution in [1.29, 1.82) is 0 Å². The average molecular weight is 630 g/mol. The van der Waals surface area contributed by atoms with Crippen LogP contribution in [-0.2, 0) is 32.0 Å². The second kappa shape index (κ2) is 11.9. The molecule has 2 saturated heterocycles. The van der Waals surface area contributed by atoms with Crippen LogP contribution in [0, 0.1) is 0 Å². The molecular weight excluding hydrogens is 606 g/mol. The van der Waals surface area contributed by atoms with Crippen LogP contribution in [0.25, 0.3) is 0 Å². The van der Waals surface area contributed by atoms with Gasteiger partial charge in [-0.2, -0.15) is 4.31 Å². The van der Waals surface area contributed by atoms with Crippen LogP contribution in [0.15, 0.2) is 43.7 Å². The fourth-order valence-electron chi connectivity index (χ4n) is 3.96. The lowest BCUT2D eigenvalue weighted by atomic mass is 10.1. The van der Waals surface area contributed by atoms with Crippen LogP contribution in [0.4, 0.5) is 0 Å². The maximum absolute atomic E-state index is 12.2. The molecule has 0 bridgehead atoms. The van der Waals surface area contributed by atoms with Crippen molar-refractivity contribution in [3.63, 3.8) is 0 Å². The van der Waals surface area contributed by atoms with Gasteiger partial charge in [-0.05, 0) is 0 Å². The van der Waals surface area contributed by atoms with Crippen LogP contribution in [0.3, 0.4) is 0 Å². The summed E-state index contributed by atoms with van der Waals surface area (Å²) in [4.78, 5) is 69.8. The molecular formula is C18H24N4O17P2. The number of phosphoric acid groups is 2. The lowest BCUT2D eigenvalue weighted by Crippen LogP contribution is -2.37. The van der Waals surface area contributed by atoms with E-state index in [9.17, 15) is 58.5 Å². The van der Waals surface area contributed by atoms with Gasteiger partial charge in [0.2, 0.25) is 0 Å². The zero-order chi connectivity index (χ0) is 30.3. The molecule has 2 aliphatic rings. The van der Waals surface area contributed by atoms with Crippen LogP contribution in [-0.4, -0.2) is 99.2 Å². The standard InChI is InChI=1S/C18H24N4O17P2/c23-9-1-3-21(17(29)19-9)15-13(27)11(25)7(37-15)5-35-40(31,32)39-41(33,34)36-6-8-12(26)14(28)16(38-8)22-4-2-10(24)20-18(22)30/h1-4,7-8,11-16,25-28H,5-6H2,(H,31,32)(H,33,34)(H,19,23,29)(H,20,24,30)/t7-,8-,11-,12-,13-,14-,15-,16-/m1/s1. The molecule has 2 aliphatic heterocycles. The van der Waals surface area contributed by atoms with Crippen molar-refractivity contribution in [2.75, 3.05) is 13.2 Å². The summed E-state index contributed by atoms with van der Waals surface area (Å²) < 4.78 is 49.8. The number of aromatic amines is 2. The quantitative estimate of drug-likeness (QED) is 0.115. The Kier molecular flexibility index (Phi) is 9.12. The maximum Gasteiger partial charge on any atom is 0.481 e. The number of H-pyrrole nitrogens is 2. The van der Waals surface area contributed by atoms with E-state index < -0.39 is 100 Å². The highest BCUT2D eigenvalue weighted by molar-refractivity contribution is 7.61. The first-order valence-electron chi connectivity index (χ1n) is 11.4. The van der Waals surface area contributed by atoms with Gasteiger partial charge in [0.1, 0.15) is 36.6 Å². The molecule has 4 heterocycles. The molecule has 2 aromatic heterocycles. The Morgan fingerprint density at radius 1 is 0.707 bits per heavy atom. The van der Waals surface area contributed by atoms with E-state index in [1.807, 2.05) is 9.97 Å². The number of rotatable bonds is 10. The van der Waals surface area contributed by atoms with E-state index in [0.717, 1.165) is 33.7 Å². The zero-order valence-electron chi connectivity index (χ0n) is 20.3. The molecule has 21 nitrogen and oxygen atoms in total. The summed E-state index contributed by atoms with van der Waals surface area (Å²) >= 11 is 0. The molecule has 0 aromatic carbocycles. The summed E-state index contributed by atoms with van der Waals surface area (Å²) in [7, 11) is -10.9. The van der Waals surface area contributed by atoms with Gasteiger partial charge in [0.15, 0.2) is 12.5 Å². The normalized spacial score (nSPS) is 32.9. The predicted molar refractivity (Wildman–Crippen MR) is 127 cm³/mol. The van der Waals surface area contributed by atoms with Crippen LogP contribution >= 0.6 is 15.6 Å². The van der Waals surface area contributed by atoms with Gasteiger partial charge in [-0.3, -0.25) is 37.7 Å². The smallest absolute Gasteiger partial charge is 0.387 e. The van der Waals surface area contributed by atoms with Gasteiger partial charge in [-0.15, -0.1) is 0 Å². The molecule has 0 spiro atoms. The van der Waals surface area contributed by atoms with E-state index in [1.54, 1.807) is 0 Å². The number of aliphatic hydroxyl groups is 4. The van der Waals surface area contributed by atoms with Crippen LogP contribution < -0.4 is 22.5 Å². The van der Waals surface area contributed by atoms with Gasteiger partial charge in [0.25, 0.3) is 11.1 Å². The van der Waals surface area contributed by atoms with E-state index >= 15 is 0 Å². The van der Waals surface area contributed by atoms with E-state index in [-0.39, 0.29) is 0 Å². The SMILES string of the molecule is O=c1ccn([C@@H]2O[C@H](COP(=O)(O)OP(=O)(O)OC[C@H]3O[C@@H](n4ccc(=O)[nH]c4=O)[C@H](O)[C@@H]3O)[C@@H](O)[C@H]2O)c(=O)[nH]1. The third kappa shape index (κ3) is 7.07. The summed E-state index contributed by atoms with van der Waals surface area (Å²) in [6.07, 6.45) is -11.4. The number of nitrogens with one attached hydrogen (secondary N) is 2. The summed E-state index contributed by atoms with van der Waals surface area (Å²) in [6, 6.07) is 1.87. The average Bonchev–Trinajstić information content (AvgIpc) is 3.31. The molecule has 23 heteroatoms. The van der Waals surface area contributed by atoms with Gasteiger partial charge in [-0.1, -0.05) is 0 Å². The molecule has 4 rings (SSSR count). The molecule has 41 heavy (non-hydrogen) atoms. The third-order valence-corrected chi connectivity index (χ3v) is 8.54. The zero-order valence-corrected chi connectivity index (χ0v) is 22.1. The summed E-state index contributed by atoms with van der Waals surface area (Å²) in [6.45, 7) is -2.01. The number of nitrogens with zero attached hydrogens (tertiary/aromatic N) is 2. The Morgan fingerprint density at radius 2 is 1.07 bits per heavy atom. The fourth-order valence-corrected chi connectivity index (χ4v) is 6.05. The van der Waals surface area contributed by atoms with Crippen LogP contribution in [0.2, 0.25) is 0 Å². The molecule has 0 radical (unpaired) electrons. The van der Waals surface area contributed by atoms with Crippen molar-refractivity contribution in [2.45, 2.75) is 49.1 Å². The highest BCUT2D eigenvalue weighted by Crippen LogP contribution is 2.60. The Labute approximate surface area is 226 Å². The van der Waals surface area contributed by atoms with Crippen molar-refractivity contribution in [3.05, 3.63) is 66.2 Å². The molecule has 10 atom stereocenters. The fraction of sp³-hybridized carbons (Fsp3) is 0.556. The Bertz CT molecular complexity index is 1470. The minimum atomic E-state index is -5.44. The molecule has 0 aliphatic carbocycles. The molecule has 0 amide bonds. The highest BCUT2D eigenvalue weighted by Gasteiger charge is 2.48. The number of hydrogen-bond acceptors (Lipinski definition) is 15. The van der Waals surface area contributed by atoms with E-state index in [2.05, 4.69) is 13.4 Å².